The molecule has 0 aliphatic carbocycles. The zero-order chi connectivity index (χ0) is 12.8. The van der Waals surface area contributed by atoms with E-state index in [1.165, 1.54) is 5.56 Å². The number of hydrogen-bond acceptors (Lipinski definition) is 4. The lowest BCUT2D eigenvalue weighted by Crippen LogP contribution is -2.30. The third-order valence-electron chi connectivity index (χ3n) is 2.95. The predicted octanol–water partition coefficient (Wildman–Crippen LogP) is 2.66. The fraction of sp³-hybridized carbons (Fsp3) is 0.429. The Labute approximate surface area is 108 Å². The number of hydrogen-bond donors (Lipinski definition) is 1. The summed E-state index contributed by atoms with van der Waals surface area (Å²) in [7, 11) is 2.10. The molecule has 2 aromatic heterocycles. The van der Waals surface area contributed by atoms with E-state index in [0.29, 0.717) is 0 Å². The highest BCUT2D eigenvalue weighted by Crippen LogP contribution is 2.11. The summed E-state index contributed by atoms with van der Waals surface area (Å²) < 4.78 is 10.4. The Balaban J connectivity index is 1.66. The van der Waals surface area contributed by atoms with Crippen LogP contribution in [0.25, 0.3) is 0 Å². The molecule has 0 amide bonds. The van der Waals surface area contributed by atoms with Crippen LogP contribution in [0.5, 0.6) is 0 Å². The van der Waals surface area contributed by atoms with Gasteiger partial charge in [-0.2, -0.15) is 0 Å². The third-order valence-corrected chi connectivity index (χ3v) is 2.95. The lowest BCUT2D eigenvalue weighted by atomic mass is 10.2. The van der Waals surface area contributed by atoms with Crippen LogP contribution in [0, 0.1) is 0 Å². The highest BCUT2D eigenvalue weighted by Gasteiger charge is 2.07. The summed E-state index contributed by atoms with van der Waals surface area (Å²) in [6.45, 7) is 4.93. The van der Waals surface area contributed by atoms with Crippen LogP contribution in [-0.2, 0) is 6.54 Å². The van der Waals surface area contributed by atoms with Crippen LogP contribution >= 0.6 is 0 Å². The number of furan rings is 2. The van der Waals surface area contributed by atoms with Gasteiger partial charge in [0.15, 0.2) is 0 Å². The number of rotatable bonds is 7. The van der Waals surface area contributed by atoms with Crippen molar-refractivity contribution in [1.82, 2.24) is 10.2 Å². The maximum atomic E-state index is 5.35. The van der Waals surface area contributed by atoms with E-state index in [1.54, 1.807) is 18.8 Å². The van der Waals surface area contributed by atoms with Crippen molar-refractivity contribution in [2.45, 2.75) is 19.5 Å². The van der Waals surface area contributed by atoms with Crippen molar-refractivity contribution in [1.29, 1.82) is 0 Å². The molecule has 0 spiro atoms. The molecule has 0 saturated carbocycles. The van der Waals surface area contributed by atoms with Crippen molar-refractivity contribution in [3.05, 3.63) is 48.3 Å². The van der Waals surface area contributed by atoms with Gasteiger partial charge in [0.25, 0.3) is 0 Å². The summed E-state index contributed by atoms with van der Waals surface area (Å²) in [5, 5.41) is 3.44. The number of nitrogens with one attached hydrogen (secondary N) is 1. The SMILES string of the molecule is CC(NCCN(C)Cc1ccoc1)c1ccco1. The van der Waals surface area contributed by atoms with Gasteiger partial charge in [0, 0.05) is 25.2 Å². The Morgan fingerprint density at radius 3 is 2.89 bits per heavy atom. The second kappa shape index (κ2) is 6.42. The first kappa shape index (κ1) is 12.9. The van der Waals surface area contributed by atoms with Gasteiger partial charge in [0.1, 0.15) is 5.76 Å². The van der Waals surface area contributed by atoms with Crippen molar-refractivity contribution in [3.8, 4) is 0 Å². The summed E-state index contributed by atoms with van der Waals surface area (Å²) in [5.74, 6) is 0.979. The maximum absolute atomic E-state index is 5.35. The molecule has 4 heteroatoms. The van der Waals surface area contributed by atoms with Crippen LogP contribution in [0.1, 0.15) is 24.3 Å². The monoisotopic (exact) mass is 248 g/mol. The predicted molar refractivity (Wildman–Crippen MR) is 70.2 cm³/mol. The van der Waals surface area contributed by atoms with E-state index in [1.807, 2.05) is 18.2 Å². The highest BCUT2D eigenvalue weighted by atomic mass is 16.3. The minimum Gasteiger partial charge on any atom is -0.472 e. The largest absolute Gasteiger partial charge is 0.472 e. The maximum Gasteiger partial charge on any atom is 0.120 e. The van der Waals surface area contributed by atoms with Crippen molar-refractivity contribution in [3.63, 3.8) is 0 Å². The molecule has 18 heavy (non-hydrogen) atoms. The standard InChI is InChI=1S/C14H20N2O2/c1-12(14-4-3-8-18-14)15-6-7-16(2)10-13-5-9-17-11-13/h3-5,8-9,11-12,15H,6-7,10H2,1-2H3. The van der Waals surface area contributed by atoms with Crippen LogP contribution in [0.4, 0.5) is 0 Å². The second-order valence-electron chi connectivity index (χ2n) is 4.56. The van der Waals surface area contributed by atoms with Crippen LogP contribution < -0.4 is 5.32 Å². The van der Waals surface area contributed by atoms with Crippen LogP contribution in [0.2, 0.25) is 0 Å². The molecule has 2 rings (SSSR count). The Bertz CT molecular complexity index is 423. The molecule has 98 valence electrons. The summed E-state index contributed by atoms with van der Waals surface area (Å²) in [6.07, 6.45) is 5.20. The van der Waals surface area contributed by atoms with E-state index in [-0.39, 0.29) is 6.04 Å². The van der Waals surface area contributed by atoms with Gasteiger partial charge < -0.3 is 19.1 Å². The van der Waals surface area contributed by atoms with E-state index in [2.05, 4.69) is 24.2 Å². The van der Waals surface area contributed by atoms with E-state index in [9.17, 15) is 0 Å². The molecule has 4 nitrogen and oxygen atoms in total. The molecular weight excluding hydrogens is 228 g/mol. The first-order valence-electron chi connectivity index (χ1n) is 6.22. The van der Waals surface area contributed by atoms with E-state index in [0.717, 1.165) is 25.4 Å². The van der Waals surface area contributed by atoms with Gasteiger partial charge in [-0.1, -0.05) is 0 Å². The number of nitrogens with zero attached hydrogens (tertiary/aromatic N) is 1. The highest BCUT2D eigenvalue weighted by molar-refractivity contribution is 5.05. The van der Waals surface area contributed by atoms with Gasteiger partial charge in [-0.25, -0.2) is 0 Å². The van der Waals surface area contributed by atoms with Crippen molar-refractivity contribution in [2.75, 3.05) is 20.1 Å². The Hall–Kier alpha value is -1.52. The Morgan fingerprint density at radius 2 is 2.22 bits per heavy atom. The molecule has 0 bridgehead atoms. The third kappa shape index (κ3) is 3.75. The van der Waals surface area contributed by atoms with Gasteiger partial charge in [0.05, 0.1) is 24.8 Å². The number of likely N-dealkylation sites (N-methyl/N-ethyl adjacent to an activating group) is 1. The molecule has 1 atom stereocenters. The van der Waals surface area contributed by atoms with Gasteiger partial charge in [-0.05, 0) is 32.2 Å². The van der Waals surface area contributed by atoms with E-state index >= 15 is 0 Å². The zero-order valence-corrected chi connectivity index (χ0v) is 10.9. The molecular formula is C14H20N2O2. The van der Waals surface area contributed by atoms with Gasteiger partial charge >= 0.3 is 0 Å². The lowest BCUT2D eigenvalue weighted by molar-refractivity contribution is 0.312. The Morgan fingerprint density at radius 1 is 1.33 bits per heavy atom. The molecule has 2 heterocycles. The zero-order valence-electron chi connectivity index (χ0n) is 10.9. The van der Waals surface area contributed by atoms with Crippen molar-refractivity contribution >= 4 is 0 Å². The first-order valence-corrected chi connectivity index (χ1v) is 6.22. The molecule has 1 N–H and O–H groups in total. The molecule has 0 radical (unpaired) electrons. The average Bonchev–Trinajstić information content (AvgIpc) is 3.00. The van der Waals surface area contributed by atoms with Crippen molar-refractivity contribution in [2.24, 2.45) is 0 Å². The molecule has 2 aromatic rings. The quantitative estimate of drug-likeness (QED) is 0.818. The van der Waals surface area contributed by atoms with Gasteiger partial charge in [0.2, 0.25) is 0 Å². The van der Waals surface area contributed by atoms with Gasteiger partial charge in [-0.3, -0.25) is 0 Å². The minimum absolute atomic E-state index is 0.252. The summed E-state index contributed by atoms with van der Waals surface area (Å²) in [5.41, 5.74) is 1.21. The normalized spacial score (nSPS) is 13.1. The first-order chi connectivity index (χ1) is 8.75. The van der Waals surface area contributed by atoms with E-state index < -0.39 is 0 Å². The van der Waals surface area contributed by atoms with E-state index in [4.69, 9.17) is 8.83 Å². The van der Waals surface area contributed by atoms with Crippen LogP contribution in [-0.4, -0.2) is 25.0 Å². The molecule has 0 fully saturated rings. The van der Waals surface area contributed by atoms with Crippen LogP contribution in [0.15, 0.2) is 45.8 Å². The average molecular weight is 248 g/mol. The second-order valence-corrected chi connectivity index (χ2v) is 4.56. The summed E-state index contributed by atoms with van der Waals surface area (Å²) in [4.78, 5) is 2.26. The molecule has 0 aromatic carbocycles. The fourth-order valence-corrected chi connectivity index (χ4v) is 1.88. The van der Waals surface area contributed by atoms with Crippen LogP contribution in [0.3, 0.4) is 0 Å². The topological polar surface area (TPSA) is 41.5 Å². The minimum atomic E-state index is 0.252. The molecule has 0 saturated heterocycles. The summed E-state index contributed by atoms with van der Waals surface area (Å²) >= 11 is 0. The molecule has 0 aliphatic heterocycles. The van der Waals surface area contributed by atoms with Gasteiger partial charge in [-0.15, -0.1) is 0 Å². The Kier molecular flexibility index (Phi) is 4.61. The summed E-state index contributed by atoms with van der Waals surface area (Å²) in [6, 6.07) is 6.16. The smallest absolute Gasteiger partial charge is 0.120 e. The fourth-order valence-electron chi connectivity index (χ4n) is 1.88. The lowest BCUT2D eigenvalue weighted by Gasteiger charge is -2.17. The van der Waals surface area contributed by atoms with Crippen molar-refractivity contribution < 1.29 is 8.83 Å². The molecule has 0 aliphatic rings. The molecule has 1 unspecified atom stereocenters.